The summed E-state index contributed by atoms with van der Waals surface area (Å²) >= 11 is 1.40. The first-order valence-corrected chi connectivity index (χ1v) is 9.99. The second-order valence-corrected chi connectivity index (χ2v) is 7.55. The molecule has 4 rings (SSSR count). The fraction of sp³-hybridized carbons (Fsp3) is 0.136. The van der Waals surface area contributed by atoms with Gasteiger partial charge < -0.3 is 4.90 Å². The Morgan fingerprint density at radius 2 is 1.86 bits per heavy atom. The third-order valence-electron chi connectivity index (χ3n) is 4.83. The predicted molar refractivity (Wildman–Crippen MR) is 112 cm³/mol. The van der Waals surface area contributed by atoms with Gasteiger partial charge in [0.05, 0.1) is 17.9 Å². The van der Waals surface area contributed by atoms with E-state index in [1.807, 2.05) is 43.5 Å². The Hall–Kier alpha value is -3.32. The SMILES string of the molecule is CC(c1ccc(F)cc1)N(C)C(=O)c1csc(-c2cnn(-c3ccccc3)c2)n1. The molecular formula is C22H19FN4OS. The summed E-state index contributed by atoms with van der Waals surface area (Å²) in [6, 6.07) is 15.8. The van der Waals surface area contributed by atoms with E-state index in [9.17, 15) is 9.18 Å². The van der Waals surface area contributed by atoms with E-state index in [0.717, 1.165) is 21.8 Å². The van der Waals surface area contributed by atoms with E-state index in [1.165, 1.54) is 23.5 Å². The van der Waals surface area contributed by atoms with Gasteiger partial charge in [0, 0.05) is 24.2 Å². The van der Waals surface area contributed by atoms with Gasteiger partial charge in [0.25, 0.3) is 5.91 Å². The van der Waals surface area contributed by atoms with Crippen LogP contribution < -0.4 is 0 Å². The number of amides is 1. The maximum atomic E-state index is 13.2. The van der Waals surface area contributed by atoms with Crippen LogP contribution in [0.5, 0.6) is 0 Å². The quantitative estimate of drug-likeness (QED) is 0.470. The number of para-hydroxylation sites is 1. The lowest BCUT2D eigenvalue weighted by Gasteiger charge is -2.24. The Morgan fingerprint density at radius 1 is 1.14 bits per heavy atom. The van der Waals surface area contributed by atoms with E-state index >= 15 is 0 Å². The lowest BCUT2D eigenvalue weighted by Crippen LogP contribution is -2.29. The standard InChI is InChI=1S/C22H19FN4OS/c1-15(16-8-10-18(23)11-9-16)26(2)22(28)20-14-29-21(25-20)17-12-24-27(13-17)19-6-4-3-5-7-19/h3-15H,1-2H3. The molecule has 0 aliphatic carbocycles. The van der Waals surface area contributed by atoms with Crippen molar-refractivity contribution in [2.24, 2.45) is 0 Å². The van der Waals surface area contributed by atoms with Crippen LogP contribution in [0.2, 0.25) is 0 Å². The first-order chi connectivity index (χ1) is 14.0. The van der Waals surface area contributed by atoms with Crippen molar-refractivity contribution >= 4 is 17.2 Å². The second-order valence-electron chi connectivity index (χ2n) is 6.69. The zero-order valence-electron chi connectivity index (χ0n) is 16.0. The molecule has 0 N–H and O–H groups in total. The molecule has 1 atom stereocenters. The molecule has 2 aromatic carbocycles. The molecule has 0 spiro atoms. The minimum atomic E-state index is -0.296. The first-order valence-electron chi connectivity index (χ1n) is 9.11. The third kappa shape index (κ3) is 3.95. The molecule has 29 heavy (non-hydrogen) atoms. The highest BCUT2D eigenvalue weighted by molar-refractivity contribution is 7.13. The van der Waals surface area contributed by atoms with Gasteiger partial charge in [-0.05, 0) is 36.8 Å². The molecule has 7 heteroatoms. The highest BCUT2D eigenvalue weighted by atomic mass is 32.1. The monoisotopic (exact) mass is 406 g/mol. The number of hydrogen-bond donors (Lipinski definition) is 0. The molecule has 0 saturated heterocycles. The zero-order valence-corrected chi connectivity index (χ0v) is 16.8. The smallest absolute Gasteiger partial charge is 0.273 e. The summed E-state index contributed by atoms with van der Waals surface area (Å²) < 4.78 is 14.9. The molecule has 2 aromatic heterocycles. The van der Waals surface area contributed by atoms with E-state index in [0.29, 0.717) is 5.69 Å². The first kappa shape index (κ1) is 19.0. The van der Waals surface area contributed by atoms with E-state index in [4.69, 9.17) is 0 Å². The summed E-state index contributed by atoms with van der Waals surface area (Å²) in [6.07, 6.45) is 3.64. The molecule has 146 valence electrons. The molecule has 1 unspecified atom stereocenters. The van der Waals surface area contributed by atoms with Crippen molar-refractivity contribution in [2.75, 3.05) is 7.05 Å². The average Bonchev–Trinajstić information content (AvgIpc) is 3.43. The molecule has 0 aliphatic rings. The van der Waals surface area contributed by atoms with Gasteiger partial charge in [0.2, 0.25) is 0 Å². The lowest BCUT2D eigenvalue weighted by atomic mass is 10.1. The molecule has 0 fully saturated rings. The summed E-state index contributed by atoms with van der Waals surface area (Å²) in [6.45, 7) is 1.91. The summed E-state index contributed by atoms with van der Waals surface area (Å²) in [4.78, 5) is 19.0. The summed E-state index contributed by atoms with van der Waals surface area (Å²) in [5.74, 6) is -0.477. The molecule has 2 heterocycles. The molecule has 5 nitrogen and oxygen atoms in total. The second kappa shape index (κ2) is 7.97. The predicted octanol–water partition coefficient (Wildman–Crippen LogP) is 4.97. The normalized spacial score (nSPS) is 12.0. The minimum absolute atomic E-state index is 0.181. The number of carbonyl (C=O) groups is 1. The summed E-state index contributed by atoms with van der Waals surface area (Å²) in [7, 11) is 1.73. The van der Waals surface area contributed by atoms with Crippen LogP contribution in [-0.4, -0.2) is 32.6 Å². The molecule has 4 aromatic rings. The summed E-state index contributed by atoms with van der Waals surface area (Å²) in [5.41, 5.74) is 3.06. The van der Waals surface area contributed by atoms with E-state index in [2.05, 4.69) is 10.1 Å². The van der Waals surface area contributed by atoms with Crippen molar-refractivity contribution in [2.45, 2.75) is 13.0 Å². The van der Waals surface area contributed by atoms with E-state index in [1.54, 1.807) is 40.3 Å². The van der Waals surface area contributed by atoms with Crippen molar-refractivity contribution in [3.05, 3.63) is 89.4 Å². The van der Waals surface area contributed by atoms with Crippen molar-refractivity contribution in [1.82, 2.24) is 19.7 Å². The Morgan fingerprint density at radius 3 is 2.59 bits per heavy atom. The van der Waals surface area contributed by atoms with Crippen molar-refractivity contribution < 1.29 is 9.18 Å². The maximum Gasteiger partial charge on any atom is 0.273 e. The van der Waals surface area contributed by atoms with Crippen LogP contribution in [0.1, 0.15) is 29.0 Å². The highest BCUT2D eigenvalue weighted by Gasteiger charge is 2.22. The number of hydrogen-bond acceptors (Lipinski definition) is 4. The van der Waals surface area contributed by atoms with Crippen LogP contribution in [0.15, 0.2) is 72.4 Å². The number of thiazole rings is 1. The van der Waals surface area contributed by atoms with Crippen LogP contribution in [-0.2, 0) is 0 Å². The van der Waals surface area contributed by atoms with E-state index < -0.39 is 0 Å². The minimum Gasteiger partial charge on any atom is -0.334 e. The number of benzene rings is 2. The topological polar surface area (TPSA) is 51.0 Å². The molecule has 0 saturated carbocycles. The maximum absolute atomic E-state index is 13.2. The van der Waals surface area contributed by atoms with Gasteiger partial charge >= 0.3 is 0 Å². The van der Waals surface area contributed by atoms with Crippen LogP contribution in [0.25, 0.3) is 16.3 Å². The van der Waals surface area contributed by atoms with Gasteiger partial charge in [-0.3, -0.25) is 4.79 Å². The summed E-state index contributed by atoms with van der Waals surface area (Å²) in [5, 5.41) is 6.87. The number of rotatable bonds is 5. The molecular weight excluding hydrogens is 387 g/mol. The Kier molecular flexibility index (Phi) is 5.22. The van der Waals surface area contributed by atoms with Gasteiger partial charge in [0.1, 0.15) is 16.5 Å². The number of carbonyl (C=O) groups excluding carboxylic acids is 1. The molecule has 0 aliphatic heterocycles. The van der Waals surface area contributed by atoms with Crippen molar-refractivity contribution in [3.8, 4) is 16.3 Å². The van der Waals surface area contributed by atoms with Crippen LogP contribution in [0, 0.1) is 5.82 Å². The molecule has 0 bridgehead atoms. The largest absolute Gasteiger partial charge is 0.334 e. The molecule has 0 radical (unpaired) electrons. The van der Waals surface area contributed by atoms with Gasteiger partial charge in [-0.15, -0.1) is 11.3 Å². The number of halogens is 1. The number of nitrogens with zero attached hydrogens (tertiary/aromatic N) is 4. The van der Waals surface area contributed by atoms with Crippen molar-refractivity contribution in [3.63, 3.8) is 0 Å². The van der Waals surface area contributed by atoms with Crippen LogP contribution in [0.3, 0.4) is 0 Å². The van der Waals surface area contributed by atoms with Crippen molar-refractivity contribution in [1.29, 1.82) is 0 Å². The van der Waals surface area contributed by atoms with E-state index in [-0.39, 0.29) is 17.8 Å². The Balaban J connectivity index is 1.52. The fourth-order valence-corrected chi connectivity index (χ4v) is 3.75. The van der Waals surface area contributed by atoms with Gasteiger partial charge in [0.15, 0.2) is 0 Å². The third-order valence-corrected chi connectivity index (χ3v) is 5.72. The average molecular weight is 406 g/mol. The van der Waals surface area contributed by atoms with Gasteiger partial charge in [-0.2, -0.15) is 5.10 Å². The van der Waals surface area contributed by atoms with Gasteiger partial charge in [-0.25, -0.2) is 14.1 Å². The molecule has 1 amide bonds. The Labute approximate surface area is 172 Å². The Bertz CT molecular complexity index is 1120. The van der Waals surface area contributed by atoms with Gasteiger partial charge in [-0.1, -0.05) is 30.3 Å². The zero-order chi connectivity index (χ0) is 20.4. The highest BCUT2D eigenvalue weighted by Crippen LogP contribution is 2.26. The lowest BCUT2D eigenvalue weighted by molar-refractivity contribution is 0.0737. The fourth-order valence-electron chi connectivity index (χ4n) is 2.98. The van der Waals surface area contributed by atoms with Crippen LogP contribution in [0.4, 0.5) is 4.39 Å². The number of aromatic nitrogens is 3. The van der Waals surface area contributed by atoms with Crippen LogP contribution >= 0.6 is 11.3 Å².